The highest BCUT2D eigenvalue weighted by molar-refractivity contribution is 5.31. The smallest absolute Gasteiger partial charge is 0.0591 e. The molecule has 0 bridgehead atoms. The van der Waals surface area contributed by atoms with Crippen LogP contribution < -0.4 is 0 Å². The Morgan fingerprint density at radius 1 is 0.476 bits per heavy atom. The molecule has 0 heterocycles. The van der Waals surface area contributed by atoms with Crippen molar-refractivity contribution in [1.82, 2.24) is 0 Å². The van der Waals surface area contributed by atoms with Gasteiger partial charge in [0.1, 0.15) is 0 Å². The standard InChI is InChI=1S/C40H62O2/c1-33(21-13-23-35(3)25-15-27-37(5)29-17-31-39(7,8)41)19-11-12-20-34(2)22-14-24-36(4)26-16-28-38(6)30-18-32-40(9,10)42/h11-15,19-25,27-28,41-42H,16-18,26,29-32H2,1-10H3/b12-11+,21-13-,22-14+,25-15-,33-19-,34-20+,35-23-,36-24+,37-27+,38-28-. The second kappa shape index (κ2) is 21.9. The van der Waals surface area contributed by atoms with E-state index in [1.54, 1.807) is 0 Å². The monoisotopic (exact) mass is 574 g/mol. The number of hydrogen-bond acceptors (Lipinski definition) is 2. The third kappa shape index (κ3) is 27.5. The molecule has 0 aliphatic rings. The maximum atomic E-state index is 9.83. The fraction of sp³-hybridized carbons (Fsp3) is 0.500. The highest BCUT2D eigenvalue weighted by atomic mass is 16.3. The molecule has 0 aromatic rings. The van der Waals surface area contributed by atoms with Crippen molar-refractivity contribution in [3.63, 3.8) is 0 Å². The maximum absolute atomic E-state index is 9.83. The molecule has 0 aromatic heterocycles. The van der Waals surface area contributed by atoms with Crippen molar-refractivity contribution < 1.29 is 10.2 Å². The average Bonchev–Trinajstić information content (AvgIpc) is 2.85. The van der Waals surface area contributed by atoms with Crippen molar-refractivity contribution >= 4 is 0 Å². The van der Waals surface area contributed by atoms with Gasteiger partial charge in [0, 0.05) is 0 Å². The van der Waals surface area contributed by atoms with Gasteiger partial charge in [-0.15, -0.1) is 0 Å². The van der Waals surface area contributed by atoms with Crippen LogP contribution in [-0.2, 0) is 0 Å². The van der Waals surface area contributed by atoms with E-state index >= 15 is 0 Å². The molecule has 0 aliphatic carbocycles. The van der Waals surface area contributed by atoms with E-state index < -0.39 is 11.2 Å². The molecule has 2 heteroatoms. The molecule has 0 fully saturated rings. The van der Waals surface area contributed by atoms with Crippen LogP contribution in [0.15, 0.2) is 119 Å². The van der Waals surface area contributed by atoms with Crippen LogP contribution in [0.5, 0.6) is 0 Å². The first-order chi connectivity index (χ1) is 19.6. The van der Waals surface area contributed by atoms with Gasteiger partial charge in [-0.3, -0.25) is 0 Å². The minimum absolute atomic E-state index is 0.561. The predicted molar refractivity (Wildman–Crippen MR) is 189 cm³/mol. The lowest BCUT2D eigenvalue weighted by Gasteiger charge is -2.16. The fourth-order valence-corrected chi connectivity index (χ4v) is 4.08. The minimum atomic E-state index is -0.577. The van der Waals surface area contributed by atoms with Crippen molar-refractivity contribution in [3.8, 4) is 0 Å². The van der Waals surface area contributed by atoms with Gasteiger partial charge in [-0.25, -0.2) is 0 Å². The van der Waals surface area contributed by atoms with Gasteiger partial charge in [0.25, 0.3) is 0 Å². The Morgan fingerprint density at radius 2 is 0.833 bits per heavy atom. The van der Waals surface area contributed by atoms with Crippen LogP contribution in [0.2, 0.25) is 0 Å². The molecule has 0 rings (SSSR count). The Hall–Kier alpha value is -2.68. The Balaban J connectivity index is 4.57. The summed E-state index contributed by atoms with van der Waals surface area (Å²) in [6.45, 7) is 20.4. The summed E-state index contributed by atoms with van der Waals surface area (Å²) in [6, 6.07) is 0. The molecule has 2 nitrogen and oxygen atoms in total. The van der Waals surface area contributed by atoms with Crippen LogP contribution in [0, 0.1) is 0 Å². The van der Waals surface area contributed by atoms with Crippen LogP contribution in [0.25, 0.3) is 0 Å². The summed E-state index contributed by atoms with van der Waals surface area (Å²) in [6.07, 6.45) is 37.9. The molecule has 0 aromatic carbocycles. The molecular weight excluding hydrogens is 512 g/mol. The van der Waals surface area contributed by atoms with Crippen molar-refractivity contribution in [2.75, 3.05) is 0 Å². The minimum Gasteiger partial charge on any atom is -0.390 e. The van der Waals surface area contributed by atoms with E-state index in [4.69, 9.17) is 0 Å². The molecule has 234 valence electrons. The second-order valence-electron chi connectivity index (χ2n) is 13.1. The highest BCUT2D eigenvalue weighted by Crippen LogP contribution is 2.17. The van der Waals surface area contributed by atoms with Crippen LogP contribution in [0.1, 0.15) is 121 Å². The average molecular weight is 575 g/mol. The van der Waals surface area contributed by atoms with Gasteiger partial charge in [-0.2, -0.15) is 0 Å². The summed E-state index contributed by atoms with van der Waals surface area (Å²) in [5.74, 6) is 0. The number of allylic oxidation sites excluding steroid dienone is 20. The van der Waals surface area contributed by atoms with Gasteiger partial charge in [0.05, 0.1) is 11.2 Å². The Labute approximate surface area is 260 Å². The van der Waals surface area contributed by atoms with E-state index in [9.17, 15) is 10.2 Å². The number of rotatable bonds is 19. The predicted octanol–water partition coefficient (Wildman–Crippen LogP) is 11.6. The van der Waals surface area contributed by atoms with Crippen LogP contribution in [-0.4, -0.2) is 21.4 Å². The molecule has 0 unspecified atom stereocenters. The number of aliphatic hydroxyl groups is 2. The first-order valence-electron chi connectivity index (χ1n) is 15.7. The first-order valence-corrected chi connectivity index (χ1v) is 15.7. The van der Waals surface area contributed by atoms with Gasteiger partial charge in [0.15, 0.2) is 0 Å². The van der Waals surface area contributed by atoms with Crippen LogP contribution in [0.4, 0.5) is 0 Å². The molecule has 0 radical (unpaired) electrons. The zero-order chi connectivity index (χ0) is 32.0. The van der Waals surface area contributed by atoms with Gasteiger partial charge in [-0.1, -0.05) is 119 Å². The molecule has 2 N–H and O–H groups in total. The van der Waals surface area contributed by atoms with E-state index in [2.05, 4.69) is 127 Å². The van der Waals surface area contributed by atoms with E-state index in [0.29, 0.717) is 0 Å². The first kappa shape index (κ1) is 39.3. The van der Waals surface area contributed by atoms with E-state index in [-0.39, 0.29) is 0 Å². The van der Waals surface area contributed by atoms with E-state index in [0.717, 1.165) is 51.4 Å². The zero-order valence-corrected chi connectivity index (χ0v) is 28.6. The van der Waals surface area contributed by atoms with Crippen LogP contribution >= 0.6 is 0 Å². The lowest BCUT2D eigenvalue weighted by molar-refractivity contribution is 0.0683. The SMILES string of the molecule is CC(/C=C\C=C(/C)CCCC(C)(C)O)=C/C=C\C(C)=C/C=C/C=C(C)/C=C/C=C(\C)CC/C=C(/C)CCCC(C)(C)O. The van der Waals surface area contributed by atoms with Gasteiger partial charge in [0.2, 0.25) is 0 Å². The Kier molecular flexibility index (Phi) is 20.5. The lowest BCUT2D eigenvalue weighted by Crippen LogP contribution is -2.17. The molecular formula is C40H62O2. The second-order valence-corrected chi connectivity index (χ2v) is 13.1. The van der Waals surface area contributed by atoms with Crippen molar-refractivity contribution in [2.24, 2.45) is 0 Å². The van der Waals surface area contributed by atoms with E-state index in [1.165, 1.54) is 33.4 Å². The molecule has 0 saturated heterocycles. The third-order valence-corrected chi connectivity index (χ3v) is 6.78. The quantitative estimate of drug-likeness (QED) is 0.119. The zero-order valence-electron chi connectivity index (χ0n) is 28.6. The molecule has 0 saturated carbocycles. The topological polar surface area (TPSA) is 40.5 Å². The van der Waals surface area contributed by atoms with Gasteiger partial charge >= 0.3 is 0 Å². The summed E-state index contributed by atoms with van der Waals surface area (Å²) >= 11 is 0. The van der Waals surface area contributed by atoms with Gasteiger partial charge < -0.3 is 10.2 Å². The maximum Gasteiger partial charge on any atom is 0.0591 e. The van der Waals surface area contributed by atoms with Gasteiger partial charge in [-0.05, 0) is 121 Å². The van der Waals surface area contributed by atoms with E-state index in [1.807, 2.05) is 27.7 Å². The van der Waals surface area contributed by atoms with Crippen molar-refractivity contribution in [2.45, 2.75) is 132 Å². The number of hydrogen-bond donors (Lipinski definition) is 2. The molecule has 0 spiro atoms. The summed E-state index contributed by atoms with van der Waals surface area (Å²) in [4.78, 5) is 0. The summed E-state index contributed by atoms with van der Waals surface area (Å²) in [5, 5.41) is 19.6. The Bertz CT molecular complexity index is 1080. The largest absolute Gasteiger partial charge is 0.390 e. The summed E-state index contributed by atoms with van der Waals surface area (Å²) in [5.41, 5.74) is 6.61. The third-order valence-electron chi connectivity index (χ3n) is 6.78. The summed E-state index contributed by atoms with van der Waals surface area (Å²) in [7, 11) is 0. The van der Waals surface area contributed by atoms with Crippen molar-refractivity contribution in [3.05, 3.63) is 119 Å². The lowest BCUT2D eigenvalue weighted by atomic mass is 9.99. The Morgan fingerprint density at radius 3 is 1.26 bits per heavy atom. The molecule has 0 atom stereocenters. The fourth-order valence-electron chi connectivity index (χ4n) is 4.08. The summed E-state index contributed by atoms with van der Waals surface area (Å²) < 4.78 is 0. The molecule has 0 amide bonds. The molecule has 42 heavy (non-hydrogen) atoms. The molecule has 0 aliphatic heterocycles. The van der Waals surface area contributed by atoms with Crippen molar-refractivity contribution in [1.29, 1.82) is 0 Å². The van der Waals surface area contributed by atoms with Crippen LogP contribution in [0.3, 0.4) is 0 Å². The highest BCUT2D eigenvalue weighted by Gasteiger charge is 2.11. The normalized spacial score (nSPS) is 15.9.